The fraction of sp³-hybridized carbons (Fsp3) is 0.462. The number of nitrogens with one attached hydrogen (secondary N) is 1. The molecular weight excluding hydrogens is 246 g/mol. The maximum absolute atomic E-state index is 11.5. The van der Waals surface area contributed by atoms with Gasteiger partial charge in [0.2, 0.25) is 0 Å². The van der Waals surface area contributed by atoms with Crippen molar-refractivity contribution < 1.29 is 9.15 Å². The molecule has 0 radical (unpaired) electrons. The maximum Gasteiger partial charge on any atom is 0.419 e. The third kappa shape index (κ3) is 2.18. The van der Waals surface area contributed by atoms with Crippen molar-refractivity contribution in [3.05, 3.63) is 34.3 Å². The molecule has 6 nitrogen and oxygen atoms in total. The van der Waals surface area contributed by atoms with E-state index in [9.17, 15) is 4.79 Å². The summed E-state index contributed by atoms with van der Waals surface area (Å²) in [5, 5.41) is 3.25. The normalized spacial score (nSPS) is 21.7. The van der Waals surface area contributed by atoms with Gasteiger partial charge in [0.1, 0.15) is 0 Å². The molecule has 0 bridgehead atoms. The number of fused-ring (bicyclic) bond motifs is 1. The molecule has 0 aliphatic carbocycles. The van der Waals surface area contributed by atoms with Crippen LogP contribution in [-0.4, -0.2) is 30.4 Å². The molecule has 6 heteroatoms. The van der Waals surface area contributed by atoms with Crippen LogP contribution in [0.15, 0.2) is 27.4 Å². The molecule has 1 aromatic carbocycles. The molecule has 2 heterocycles. The van der Waals surface area contributed by atoms with E-state index in [0.717, 1.165) is 24.2 Å². The Morgan fingerprint density at radius 2 is 2.37 bits per heavy atom. The third-order valence-corrected chi connectivity index (χ3v) is 3.56. The predicted octanol–water partition coefficient (Wildman–Crippen LogP) is 0.120. The molecule has 102 valence electrons. The molecule has 19 heavy (non-hydrogen) atoms. The summed E-state index contributed by atoms with van der Waals surface area (Å²) in [6.45, 7) is 2.26. The Morgan fingerprint density at radius 3 is 3.11 bits per heavy atom. The number of nitrogens with two attached hydrogens (primary N) is 1. The van der Waals surface area contributed by atoms with Gasteiger partial charge in [-0.3, -0.25) is 4.57 Å². The number of benzene rings is 1. The number of rotatable bonds is 2. The molecule has 2 aromatic rings. The van der Waals surface area contributed by atoms with Gasteiger partial charge in [-0.05, 0) is 17.7 Å². The topological polar surface area (TPSA) is 82.4 Å². The van der Waals surface area contributed by atoms with Gasteiger partial charge in [-0.15, -0.1) is 0 Å². The highest BCUT2D eigenvalue weighted by Gasteiger charge is 2.23. The second-order valence-electron chi connectivity index (χ2n) is 4.79. The van der Waals surface area contributed by atoms with Crippen molar-refractivity contribution >= 4 is 11.1 Å². The molecule has 2 atom stereocenters. The average Bonchev–Trinajstić information content (AvgIpc) is 2.74. The van der Waals surface area contributed by atoms with Crippen molar-refractivity contribution in [1.82, 2.24) is 9.88 Å². The molecule has 0 amide bonds. The lowest BCUT2D eigenvalue weighted by Gasteiger charge is -2.28. The lowest BCUT2D eigenvalue weighted by molar-refractivity contribution is 0.0122. The second-order valence-corrected chi connectivity index (χ2v) is 4.79. The van der Waals surface area contributed by atoms with E-state index in [2.05, 4.69) is 5.32 Å². The van der Waals surface area contributed by atoms with Crippen LogP contribution in [0.3, 0.4) is 0 Å². The maximum atomic E-state index is 11.5. The lowest BCUT2D eigenvalue weighted by atomic mass is 10.0. The summed E-state index contributed by atoms with van der Waals surface area (Å²) in [7, 11) is 1.68. The largest absolute Gasteiger partial charge is 0.419 e. The van der Waals surface area contributed by atoms with Crippen LogP contribution in [0.25, 0.3) is 11.1 Å². The minimum Gasteiger partial charge on any atom is -0.408 e. The van der Waals surface area contributed by atoms with Crippen LogP contribution < -0.4 is 16.8 Å². The Morgan fingerprint density at radius 1 is 1.53 bits per heavy atom. The van der Waals surface area contributed by atoms with Gasteiger partial charge in [0, 0.05) is 20.1 Å². The van der Waals surface area contributed by atoms with Crippen molar-refractivity contribution in [3.8, 4) is 0 Å². The van der Waals surface area contributed by atoms with E-state index in [1.54, 1.807) is 7.05 Å². The molecule has 3 N–H and O–H groups in total. The Kier molecular flexibility index (Phi) is 3.14. The van der Waals surface area contributed by atoms with Crippen molar-refractivity contribution in [3.63, 3.8) is 0 Å². The van der Waals surface area contributed by atoms with Crippen LogP contribution in [-0.2, 0) is 11.8 Å². The van der Waals surface area contributed by atoms with Crippen molar-refractivity contribution in [2.24, 2.45) is 12.8 Å². The van der Waals surface area contributed by atoms with E-state index >= 15 is 0 Å². The number of nitrogens with zero attached hydrogens (tertiary/aromatic N) is 1. The Balaban J connectivity index is 1.94. The highest BCUT2D eigenvalue weighted by Crippen LogP contribution is 2.22. The van der Waals surface area contributed by atoms with Gasteiger partial charge in [-0.1, -0.05) is 6.07 Å². The predicted molar refractivity (Wildman–Crippen MR) is 71.0 cm³/mol. The molecule has 2 unspecified atom stereocenters. The fourth-order valence-electron chi connectivity index (χ4n) is 2.39. The zero-order chi connectivity index (χ0) is 13.4. The monoisotopic (exact) mass is 263 g/mol. The van der Waals surface area contributed by atoms with Gasteiger partial charge in [-0.2, -0.15) is 0 Å². The molecule has 1 aromatic heterocycles. The molecule has 1 aliphatic heterocycles. The molecule has 0 saturated carbocycles. The Labute approximate surface area is 110 Å². The first-order chi connectivity index (χ1) is 9.16. The quantitative estimate of drug-likeness (QED) is 0.804. The minimum absolute atomic E-state index is 0.0540. The molecule has 1 saturated heterocycles. The SMILES string of the molecule is Cn1c(=O)oc2cc(C(N)C3CNCCO3)ccc21. The van der Waals surface area contributed by atoms with Gasteiger partial charge < -0.3 is 20.2 Å². The van der Waals surface area contributed by atoms with Crippen molar-refractivity contribution in [1.29, 1.82) is 0 Å². The number of hydrogen-bond donors (Lipinski definition) is 2. The van der Waals surface area contributed by atoms with Crippen LogP contribution in [0.5, 0.6) is 0 Å². The van der Waals surface area contributed by atoms with Crippen molar-refractivity contribution in [2.75, 3.05) is 19.7 Å². The molecule has 0 spiro atoms. The van der Waals surface area contributed by atoms with Gasteiger partial charge in [0.15, 0.2) is 5.58 Å². The molecular formula is C13H17N3O3. The second kappa shape index (κ2) is 4.80. The standard InChI is InChI=1S/C13H17N3O3/c1-16-9-3-2-8(6-10(9)19-13(16)17)12(14)11-7-15-4-5-18-11/h2-3,6,11-12,15H,4-5,7,14H2,1H3. The van der Waals surface area contributed by atoms with E-state index in [-0.39, 0.29) is 17.9 Å². The molecule has 3 rings (SSSR count). The van der Waals surface area contributed by atoms with E-state index < -0.39 is 0 Å². The highest BCUT2D eigenvalue weighted by molar-refractivity contribution is 5.73. The zero-order valence-electron chi connectivity index (χ0n) is 10.8. The first-order valence-corrected chi connectivity index (χ1v) is 6.34. The fourth-order valence-corrected chi connectivity index (χ4v) is 2.39. The number of hydrogen-bond acceptors (Lipinski definition) is 5. The lowest BCUT2D eigenvalue weighted by Crippen LogP contribution is -2.44. The number of morpholine rings is 1. The van der Waals surface area contributed by atoms with Gasteiger partial charge in [0.05, 0.1) is 24.3 Å². The van der Waals surface area contributed by atoms with Crippen LogP contribution in [0.2, 0.25) is 0 Å². The van der Waals surface area contributed by atoms with E-state index in [0.29, 0.717) is 12.2 Å². The minimum atomic E-state index is -0.365. The summed E-state index contributed by atoms with van der Waals surface area (Å²) in [6.07, 6.45) is -0.0540. The average molecular weight is 263 g/mol. The van der Waals surface area contributed by atoms with Crippen LogP contribution in [0.4, 0.5) is 0 Å². The summed E-state index contributed by atoms with van der Waals surface area (Å²) in [5.74, 6) is -0.365. The number of oxazole rings is 1. The first kappa shape index (κ1) is 12.4. The van der Waals surface area contributed by atoms with Crippen LogP contribution in [0, 0.1) is 0 Å². The number of aromatic nitrogens is 1. The van der Waals surface area contributed by atoms with E-state index in [1.807, 2.05) is 18.2 Å². The summed E-state index contributed by atoms with van der Waals surface area (Å²) in [5.41, 5.74) is 8.45. The van der Waals surface area contributed by atoms with Gasteiger partial charge in [0.25, 0.3) is 0 Å². The van der Waals surface area contributed by atoms with E-state index in [1.165, 1.54) is 4.57 Å². The smallest absolute Gasteiger partial charge is 0.408 e. The van der Waals surface area contributed by atoms with Crippen LogP contribution >= 0.6 is 0 Å². The summed E-state index contributed by atoms with van der Waals surface area (Å²) < 4.78 is 12.3. The van der Waals surface area contributed by atoms with E-state index in [4.69, 9.17) is 14.9 Å². The third-order valence-electron chi connectivity index (χ3n) is 3.56. The summed E-state index contributed by atoms with van der Waals surface area (Å²) in [6, 6.07) is 5.35. The number of aryl methyl sites for hydroxylation is 1. The Bertz CT molecular complexity index is 640. The van der Waals surface area contributed by atoms with Crippen LogP contribution in [0.1, 0.15) is 11.6 Å². The summed E-state index contributed by atoms with van der Waals surface area (Å²) >= 11 is 0. The van der Waals surface area contributed by atoms with Gasteiger partial charge in [-0.25, -0.2) is 4.79 Å². The Hall–Kier alpha value is -1.63. The van der Waals surface area contributed by atoms with Gasteiger partial charge >= 0.3 is 5.76 Å². The highest BCUT2D eigenvalue weighted by atomic mass is 16.5. The first-order valence-electron chi connectivity index (χ1n) is 6.34. The number of ether oxygens (including phenoxy) is 1. The zero-order valence-corrected chi connectivity index (χ0v) is 10.8. The molecule has 1 fully saturated rings. The summed E-state index contributed by atoms with van der Waals surface area (Å²) in [4.78, 5) is 11.5. The van der Waals surface area contributed by atoms with Crippen molar-refractivity contribution in [2.45, 2.75) is 12.1 Å². The molecule has 1 aliphatic rings.